The van der Waals surface area contributed by atoms with E-state index in [0.29, 0.717) is 22.2 Å². The maximum Gasteiger partial charge on any atom is 0.264 e. The van der Waals surface area contributed by atoms with Crippen LogP contribution in [0.1, 0.15) is 12.5 Å². The maximum atomic E-state index is 13.4. The van der Waals surface area contributed by atoms with Gasteiger partial charge in [-0.25, -0.2) is 8.42 Å². The molecule has 3 aromatic carbocycles. The van der Waals surface area contributed by atoms with Gasteiger partial charge in [0.05, 0.1) is 23.7 Å². The highest BCUT2D eigenvalue weighted by Gasteiger charge is 2.28. The number of hydrogen-bond donors (Lipinski definition) is 1. The average molecular weight is 503 g/mol. The van der Waals surface area contributed by atoms with E-state index in [1.165, 1.54) is 12.1 Å². The molecule has 0 aliphatic carbocycles. The van der Waals surface area contributed by atoms with E-state index >= 15 is 0 Å². The first-order valence-corrected chi connectivity index (χ1v) is 12.4. The van der Waals surface area contributed by atoms with Crippen LogP contribution in [0, 0.1) is 6.92 Å². The Labute approximate surface area is 205 Å². The molecule has 7 nitrogen and oxygen atoms in total. The van der Waals surface area contributed by atoms with Gasteiger partial charge in [0.25, 0.3) is 10.0 Å². The number of rotatable bonds is 10. The summed E-state index contributed by atoms with van der Waals surface area (Å²) in [5.74, 6) is 0.871. The van der Waals surface area contributed by atoms with E-state index in [2.05, 4.69) is 5.32 Å². The third-order valence-corrected chi connectivity index (χ3v) is 7.22. The molecule has 3 rings (SSSR count). The lowest BCUT2D eigenvalue weighted by Crippen LogP contribution is -2.45. The highest BCUT2D eigenvalue weighted by molar-refractivity contribution is 7.92. The van der Waals surface area contributed by atoms with Crippen molar-refractivity contribution in [3.05, 3.63) is 83.4 Å². The van der Waals surface area contributed by atoms with Crippen molar-refractivity contribution in [1.29, 1.82) is 0 Å². The van der Waals surface area contributed by atoms with Crippen LogP contribution in [0.4, 0.5) is 5.69 Å². The number of halogens is 1. The van der Waals surface area contributed by atoms with Crippen LogP contribution in [0.15, 0.2) is 77.7 Å². The fourth-order valence-corrected chi connectivity index (χ4v) is 4.77. The third kappa shape index (κ3) is 6.42. The zero-order valence-corrected chi connectivity index (χ0v) is 20.8. The monoisotopic (exact) mass is 502 g/mol. The lowest BCUT2D eigenvalue weighted by Gasteiger charge is -2.25. The van der Waals surface area contributed by atoms with Gasteiger partial charge < -0.3 is 14.8 Å². The van der Waals surface area contributed by atoms with E-state index in [0.717, 1.165) is 9.87 Å². The zero-order chi connectivity index (χ0) is 24.7. The fraction of sp³-hybridized carbons (Fsp3) is 0.240. The van der Waals surface area contributed by atoms with Gasteiger partial charge in [-0.05, 0) is 67.9 Å². The summed E-state index contributed by atoms with van der Waals surface area (Å²) >= 11 is 6.25. The van der Waals surface area contributed by atoms with Crippen LogP contribution in [-0.2, 0) is 14.8 Å². The molecule has 1 atom stereocenters. The van der Waals surface area contributed by atoms with Gasteiger partial charge in [-0.15, -0.1) is 0 Å². The largest absolute Gasteiger partial charge is 0.497 e. The lowest BCUT2D eigenvalue weighted by atomic mass is 10.2. The van der Waals surface area contributed by atoms with Crippen LogP contribution in [0.2, 0.25) is 5.02 Å². The lowest BCUT2D eigenvalue weighted by molar-refractivity contribution is -0.120. The Kier molecular flexibility index (Phi) is 8.41. The normalized spacial score (nSPS) is 12.0. The zero-order valence-electron chi connectivity index (χ0n) is 19.2. The molecule has 1 unspecified atom stereocenters. The van der Waals surface area contributed by atoms with Gasteiger partial charge in [-0.2, -0.15) is 0 Å². The summed E-state index contributed by atoms with van der Waals surface area (Å²) < 4.78 is 38.6. The molecule has 0 aromatic heterocycles. The number of benzene rings is 3. The Morgan fingerprint density at radius 2 is 1.68 bits per heavy atom. The Hall–Kier alpha value is -3.23. The first-order chi connectivity index (χ1) is 16.2. The Morgan fingerprint density at radius 1 is 1.03 bits per heavy atom. The predicted molar refractivity (Wildman–Crippen MR) is 133 cm³/mol. The number of nitrogens with zero attached hydrogens (tertiary/aromatic N) is 1. The number of methoxy groups -OCH3 is 1. The van der Waals surface area contributed by atoms with Gasteiger partial charge >= 0.3 is 0 Å². The molecule has 0 saturated carbocycles. The molecule has 9 heteroatoms. The van der Waals surface area contributed by atoms with Gasteiger partial charge in [-0.1, -0.05) is 35.9 Å². The number of anilines is 1. The van der Waals surface area contributed by atoms with Gasteiger partial charge in [0.2, 0.25) is 5.91 Å². The van der Waals surface area contributed by atoms with Gasteiger partial charge in [0.15, 0.2) is 0 Å². The van der Waals surface area contributed by atoms with Crippen molar-refractivity contribution in [2.24, 2.45) is 0 Å². The minimum Gasteiger partial charge on any atom is -0.497 e. The van der Waals surface area contributed by atoms with Crippen molar-refractivity contribution in [3.8, 4) is 11.5 Å². The summed E-state index contributed by atoms with van der Waals surface area (Å²) in [7, 11) is -2.42. The molecule has 180 valence electrons. The van der Waals surface area contributed by atoms with E-state index in [-0.39, 0.29) is 17.5 Å². The first kappa shape index (κ1) is 25.4. The molecule has 0 fully saturated rings. The number of hydrogen-bond acceptors (Lipinski definition) is 5. The summed E-state index contributed by atoms with van der Waals surface area (Å²) in [6.07, 6.45) is 0. The second kappa shape index (κ2) is 11.3. The molecule has 3 aromatic rings. The molecule has 0 saturated heterocycles. The second-order valence-electron chi connectivity index (χ2n) is 7.71. The highest BCUT2D eigenvalue weighted by Crippen LogP contribution is 2.28. The third-order valence-electron chi connectivity index (χ3n) is 5.03. The van der Waals surface area contributed by atoms with Crippen molar-refractivity contribution in [2.45, 2.75) is 24.8 Å². The summed E-state index contributed by atoms with van der Waals surface area (Å²) in [6.45, 7) is 3.39. The molecular weight excluding hydrogens is 476 g/mol. The number of aryl methyl sites for hydroxylation is 1. The molecular formula is C25H27ClN2O5S. The number of sulfonamides is 1. The summed E-state index contributed by atoms with van der Waals surface area (Å²) in [5.41, 5.74) is 1.10. The van der Waals surface area contributed by atoms with E-state index < -0.39 is 22.5 Å². The van der Waals surface area contributed by atoms with E-state index in [1.807, 2.05) is 6.92 Å². The summed E-state index contributed by atoms with van der Waals surface area (Å²) in [4.78, 5) is 12.9. The average Bonchev–Trinajstić information content (AvgIpc) is 2.84. The van der Waals surface area contributed by atoms with Gasteiger partial charge in [0, 0.05) is 5.02 Å². The van der Waals surface area contributed by atoms with Crippen LogP contribution >= 0.6 is 11.6 Å². The Morgan fingerprint density at radius 3 is 2.29 bits per heavy atom. The number of carbonyl (C=O) groups is 1. The van der Waals surface area contributed by atoms with Crippen LogP contribution in [0.3, 0.4) is 0 Å². The smallest absolute Gasteiger partial charge is 0.264 e. The SMILES string of the molecule is COc1ccc(OCC(C)NC(=O)CN(c2ccc(C)c(Cl)c2)S(=O)(=O)c2ccccc2)cc1. The molecule has 0 spiro atoms. The molecule has 0 radical (unpaired) electrons. The van der Waals surface area contributed by atoms with Crippen molar-refractivity contribution in [1.82, 2.24) is 5.32 Å². The minimum atomic E-state index is -4.01. The number of amides is 1. The van der Waals surface area contributed by atoms with Crippen molar-refractivity contribution >= 4 is 33.2 Å². The number of nitrogens with one attached hydrogen (secondary N) is 1. The van der Waals surface area contributed by atoms with Crippen LogP contribution in [-0.4, -0.2) is 40.6 Å². The van der Waals surface area contributed by atoms with Crippen molar-refractivity contribution in [3.63, 3.8) is 0 Å². The van der Waals surface area contributed by atoms with Crippen LogP contribution < -0.4 is 19.1 Å². The van der Waals surface area contributed by atoms with Gasteiger partial charge in [0.1, 0.15) is 24.7 Å². The quantitative estimate of drug-likeness (QED) is 0.443. The molecule has 0 heterocycles. The first-order valence-electron chi connectivity index (χ1n) is 10.6. The van der Waals surface area contributed by atoms with Crippen LogP contribution in [0.25, 0.3) is 0 Å². The van der Waals surface area contributed by atoms with E-state index in [1.54, 1.807) is 74.7 Å². The van der Waals surface area contributed by atoms with Crippen LogP contribution in [0.5, 0.6) is 11.5 Å². The maximum absolute atomic E-state index is 13.4. The second-order valence-corrected chi connectivity index (χ2v) is 9.98. The molecule has 0 bridgehead atoms. The standard InChI is InChI=1S/C25H27ClN2O5S/c1-18-9-10-20(15-24(18)26)28(34(30,31)23-7-5-4-6-8-23)16-25(29)27-19(2)17-33-22-13-11-21(32-3)12-14-22/h4-15,19H,16-17H2,1-3H3,(H,27,29). The van der Waals surface area contributed by atoms with E-state index in [4.69, 9.17) is 21.1 Å². The summed E-state index contributed by atoms with van der Waals surface area (Å²) in [5, 5.41) is 3.20. The topological polar surface area (TPSA) is 84.9 Å². The van der Waals surface area contributed by atoms with Crippen molar-refractivity contribution in [2.75, 3.05) is 24.6 Å². The number of ether oxygens (including phenoxy) is 2. The number of carbonyl (C=O) groups excluding carboxylic acids is 1. The molecule has 0 aliphatic rings. The van der Waals surface area contributed by atoms with Crippen molar-refractivity contribution < 1.29 is 22.7 Å². The van der Waals surface area contributed by atoms with Gasteiger partial charge in [-0.3, -0.25) is 9.10 Å². The highest BCUT2D eigenvalue weighted by atomic mass is 35.5. The molecule has 34 heavy (non-hydrogen) atoms. The minimum absolute atomic E-state index is 0.0791. The summed E-state index contributed by atoms with van der Waals surface area (Å²) in [6, 6.07) is 19.6. The molecule has 1 N–H and O–H groups in total. The molecule has 0 aliphatic heterocycles. The Bertz CT molecular complexity index is 1220. The fourth-order valence-electron chi connectivity index (χ4n) is 3.16. The predicted octanol–water partition coefficient (Wildman–Crippen LogP) is 4.44. The van der Waals surface area contributed by atoms with E-state index in [9.17, 15) is 13.2 Å². The molecule has 1 amide bonds. The Balaban J connectivity index is 1.73.